The van der Waals surface area contributed by atoms with Gasteiger partial charge in [0.05, 0.1) is 39.9 Å². The highest BCUT2D eigenvalue weighted by Gasteiger charge is 2.23. The summed E-state index contributed by atoms with van der Waals surface area (Å²) in [6.45, 7) is 4.54. The van der Waals surface area contributed by atoms with Crippen molar-refractivity contribution in [3.05, 3.63) is 97.2 Å². The zero-order valence-electron chi connectivity index (χ0n) is 55.1. The molecule has 0 aliphatic heterocycles. The number of quaternary nitrogens is 1. The molecule has 0 aromatic heterocycles. The number of unbranched alkanes of at least 4 members (excludes halogenated alkanes) is 37. The Morgan fingerprint density at radius 3 is 1.12 bits per heavy atom. The van der Waals surface area contributed by atoms with E-state index in [0.717, 1.165) is 77.0 Å². The van der Waals surface area contributed by atoms with Crippen molar-refractivity contribution >= 4 is 13.7 Å². The second-order valence-corrected chi connectivity index (χ2v) is 26.2. The number of carbonyl (C=O) groups excluding carboxylic acids is 1. The Morgan fingerprint density at radius 1 is 0.434 bits per heavy atom. The first kappa shape index (κ1) is 80.4. The Kier molecular flexibility index (Phi) is 61.9. The molecule has 0 spiro atoms. The summed E-state index contributed by atoms with van der Waals surface area (Å²) < 4.78 is 23.4. The minimum Gasteiger partial charge on any atom is -0.756 e. The van der Waals surface area contributed by atoms with Crippen LogP contribution < -0.4 is 10.2 Å². The van der Waals surface area contributed by atoms with E-state index in [1.165, 1.54) is 218 Å². The molecule has 482 valence electrons. The average molecular weight is 1180 g/mol. The molecule has 0 saturated heterocycles. The number of phosphoric ester groups is 1. The van der Waals surface area contributed by atoms with Crippen LogP contribution >= 0.6 is 7.82 Å². The van der Waals surface area contributed by atoms with Gasteiger partial charge in [-0.1, -0.05) is 317 Å². The first-order valence-electron chi connectivity index (χ1n) is 35.1. The van der Waals surface area contributed by atoms with Gasteiger partial charge in [-0.2, -0.15) is 0 Å². The summed E-state index contributed by atoms with van der Waals surface area (Å²) in [5.74, 6) is -0.210. The number of amides is 1. The molecule has 0 fully saturated rings. The van der Waals surface area contributed by atoms with Crippen LogP contribution in [0.4, 0.5) is 0 Å². The molecule has 0 aromatic rings. The second kappa shape index (κ2) is 63.9. The third-order valence-electron chi connectivity index (χ3n) is 15.5. The fourth-order valence-electron chi connectivity index (χ4n) is 10.1. The maximum absolute atomic E-state index is 13.0. The molecule has 3 atom stereocenters. The molecule has 0 aromatic carbocycles. The van der Waals surface area contributed by atoms with Crippen molar-refractivity contribution in [2.24, 2.45) is 0 Å². The van der Waals surface area contributed by atoms with Crippen LogP contribution in [0.15, 0.2) is 97.2 Å². The fraction of sp³-hybridized carbons (Fsp3) is 0.770. The normalized spacial score (nSPS) is 14.3. The molecule has 8 nitrogen and oxygen atoms in total. The third-order valence-corrected chi connectivity index (χ3v) is 16.5. The van der Waals surface area contributed by atoms with Crippen molar-refractivity contribution < 1.29 is 32.9 Å². The van der Waals surface area contributed by atoms with Crippen LogP contribution in [0.5, 0.6) is 0 Å². The first-order chi connectivity index (χ1) is 40.5. The largest absolute Gasteiger partial charge is 0.756 e. The maximum Gasteiger partial charge on any atom is 0.268 e. The summed E-state index contributed by atoms with van der Waals surface area (Å²) >= 11 is 0. The smallest absolute Gasteiger partial charge is 0.268 e. The fourth-order valence-corrected chi connectivity index (χ4v) is 10.8. The molecule has 0 aliphatic carbocycles. The van der Waals surface area contributed by atoms with E-state index < -0.39 is 26.6 Å². The predicted molar refractivity (Wildman–Crippen MR) is 362 cm³/mol. The van der Waals surface area contributed by atoms with E-state index in [1.54, 1.807) is 6.08 Å². The van der Waals surface area contributed by atoms with Crippen molar-refractivity contribution in [3.8, 4) is 0 Å². The molecule has 83 heavy (non-hydrogen) atoms. The van der Waals surface area contributed by atoms with Crippen molar-refractivity contribution in [2.75, 3.05) is 40.9 Å². The molecule has 0 bridgehead atoms. The van der Waals surface area contributed by atoms with Gasteiger partial charge in [0.25, 0.3) is 7.82 Å². The Bertz CT molecular complexity index is 1670. The third kappa shape index (κ3) is 66.8. The molecular formula is C74H135N2O6P. The highest BCUT2D eigenvalue weighted by Crippen LogP contribution is 2.38. The molecule has 0 heterocycles. The van der Waals surface area contributed by atoms with Gasteiger partial charge in [0.15, 0.2) is 0 Å². The van der Waals surface area contributed by atoms with E-state index in [4.69, 9.17) is 9.05 Å². The van der Waals surface area contributed by atoms with E-state index >= 15 is 0 Å². The minimum absolute atomic E-state index is 0.0114. The number of carbonyl (C=O) groups is 1. The van der Waals surface area contributed by atoms with Gasteiger partial charge in [-0.25, -0.2) is 0 Å². The lowest BCUT2D eigenvalue weighted by atomic mass is 10.0. The summed E-state index contributed by atoms with van der Waals surface area (Å²) in [6, 6.07) is -0.916. The highest BCUT2D eigenvalue weighted by atomic mass is 31.2. The van der Waals surface area contributed by atoms with E-state index in [9.17, 15) is 19.4 Å². The Hall–Kier alpha value is -2.58. The summed E-state index contributed by atoms with van der Waals surface area (Å²) in [7, 11) is 1.24. The molecular weight excluding hydrogens is 1040 g/mol. The van der Waals surface area contributed by atoms with Gasteiger partial charge in [0.1, 0.15) is 13.2 Å². The van der Waals surface area contributed by atoms with Crippen molar-refractivity contribution in [1.82, 2.24) is 5.32 Å². The lowest BCUT2D eigenvalue weighted by Crippen LogP contribution is -2.45. The van der Waals surface area contributed by atoms with Crippen molar-refractivity contribution in [3.63, 3.8) is 0 Å². The Labute approximate surface area is 515 Å². The van der Waals surface area contributed by atoms with Gasteiger partial charge < -0.3 is 28.8 Å². The SMILES string of the molecule is CC/C=C\C/C=C\C/C=C\C/C=C\C/C=C\CCCCCCCCCCCCCCCCCCCC(=O)NC(COP(=O)([O-])OCC[N+](C)(C)C)C(O)/C=C/CC/C=C/CC/C=C/CCCCCCCCCCCCCCCCCCCC. The molecule has 0 aliphatic rings. The number of rotatable bonds is 64. The van der Waals surface area contributed by atoms with Gasteiger partial charge in [-0.05, 0) is 89.9 Å². The molecule has 9 heteroatoms. The van der Waals surface area contributed by atoms with Crippen LogP contribution in [0.2, 0.25) is 0 Å². The number of aliphatic hydroxyl groups is 1. The van der Waals surface area contributed by atoms with Crippen LogP contribution in [-0.2, 0) is 18.4 Å². The van der Waals surface area contributed by atoms with E-state index in [2.05, 4.69) is 104 Å². The molecule has 0 rings (SSSR count). The van der Waals surface area contributed by atoms with Gasteiger partial charge in [0, 0.05) is 6.42 Å². The molecule has 0 radical (unpaired) electrons. The van der Waals surface area contributed by atoms with Crippen molar-refractivity contribution in [2.45, 2.75) is 328 Å². The molecule has 3 unspecified atom stereocenters. The summed E-state index contributed by atoms with van der Waals surface area (Å²) in [6.07, 6.45) is 92.5. The molecule has 0 saturated carbocycles. The molecule has 2 N–H and O–H groups in total. The number of hydrogen-bond acceptors (Lipinski definition) is 6. The summed E-state index contributed by atoms with van der Waals surface area (Å²) in [4.78, 5) is 25.6. The zero-order chi connectivity index (χ0) is 60.5. The lowest BCUT2D eigenvalue weighted by molar-refractivity contribution is -0.870. The quantitative estimate of drug-likeness (QED) is 0.0272. The van der Waals surface area contributed by atoms with Gasteiger partial charge in [-0.3, -0.25) is 9.36 Å². The van der Waals surface area contributed by atoms with Gasteiger partial charge in [0.2, 0.25) is 5.91 Å². The van der Waals surface area contributed by atoms with E-state index in [0.29, 0.717) is 17.4 Å². The first-order valence-corrected chi connectivity index (χ1v) is 36.6. The van der Waals surface area contributed by atoms with Crippen LogP contribution in [0.3, 0.4) is 0 Å². The van der Waals surface area contributed by atoms with Gasteiger partial charge in [-0.15, -0.1) is 0 Å². The summed E-state index contributed by atoms with van der Waals surface area (Å²) in [5, 5.41) is 13.9. The van der Waals surface area contributed by atoms with E-state index in [-0.39, 0.29) is 12.5 Å². The number of allylic oxidation sites excluding steroid dienone is 15. The standard InChI is InChI=1S/C74H135N2O6P/c1-6-8-10-12-14-16-18-20-22-24-26-28-30-32-34-36-37-38-39-40-42-44-46-48-50-52-54-56-58-60-62-64-66-68-74(78)75-72(71-82-83(79,80)81-70-69-76(3,4)5)73(77)67-65-63-61-59-57-55-53-51-49-47-45-43-41-35-33-31-29-27-25-23-21-19-17-15-13-11-9-7-2/h8,10,14,16,20,22,26,28,32,34,49,51,57,59,65,67,72-73,77H,6-7,9,11-13,15,17-19,21,23-25,27,29-31,33,35-48,50,52-56,58,60-64,66,68-71H2,1-5H3,(H-,75,78,79,80)/b10-8-,16-14-,22-20-,28-26-,34-32-,51-49+,59-57+,67-65+. The Morgan fingerprint density at radius 2 is 0.747 bits per heavy atom. The Balaban J connectivity index is 4.12. The highest BCUT2D eigenvalue weighted by molar-refractivity contribution is 7.45. The number of phosphoric acid groups is 1. The number of aliphatic hydroxyl groups excluding tert-OH is 1. The summed E-state index contributed by atoms with van der Waals surface area (Å²) in [5.41, 5.74) is 0. The van der Waals surface area contributed by atoms with Crippen LogP contribution in [-0.4, -0.2) is 68.5 Å². The van der Waals surface area contributed by atoms with Crippen LogP contribution in [0.25, 0.3) is 0 Å². The minimum atomic E-state index is -4.62. The second-order valence-electron chi connectivity index (χ2n) is 24.8. The number of nitrogens with one attached hydrogen (secondary N) is 1. The zero-order valence-corrected chi connectivity index (χ0v) is 56.0. The number of likely N-dealkylation sites (N-methyl/N-ethyl adjacent to an activating group) is 1. The van der Waals surface area contributed by atoms with Crippen LogP contribution in [0, 0.1) is 0 Å². The van der Waals surface area contributed by atoms with Crippen LogP contribution in [0.1, 0.15) is 316 Å². The van der Waals surface area contributed by atoms with Gasteiger partial charge >= 0.3 is 0 Å². The topological polar surface area (TPSA) is 108 Å². The average Bonchev–Trinajstić information content (AvgIpc) is 3.49. The maximum atomic E-state index is 13.0. The van der Waals surface area contributed by atoms with E-state index in [1.807, 2.05) is 27.2 Å². The lowest BCUT2D eigenvalue weighted by Gasteiger charge is -2.29. The monoisotopic (exact) mass is 1180 g/mol. The molecule has 1 amide bonds. The number of hydrogen-bond donors (Lipinski definition) is 2. The van der Waals surface area contributed by atoms with Crippen molar-refractivity contribution in [1.29, 1.82) is 0 Å². The predicted octanol–water partition coefficient (Wildman–Crippen LogP) is 21.9. The number of nitrogens with zero attached hydrogens (tertiary/aromatic N) is 1.